The maximum atomic E-state index is 8.71. The lowest BCUT2D eigenvalue weighted by atomic mass is 9.96. The number of nitrogens with zero attached hydrogens (tertiary/aromatic N) is 4. The van der Waals surface area contributed by atoms with E-state index in [0.29, 0.717) is 5.69 Å². The molecule has 0 aromatic carbocycles. The van der Waals surface area contributed by atoms with Gasteiger partial charge in [-0.3, -0.25) is 4.98 Å². The monoisotopic (exact) mass is 277 g/mol. The number of aromatic nitrogens is 1. The van der Waals surface area contributed by atoms with Crippen molar-refractivity contribution < 1.29 is 5.21 Å². The van der Waals surface area contributed by atoms with Gasteiger partial charge in [0.15, 0.2) is 5.84 Å². The Balaban J connectivity index is 2.00. The van der Waals surface area contributed by atoms with Crippen LogP contribution in [0.25, 0.3) is 0 Å². The summed E-state index contributed by atoms with van der Waals surface area (Å²) in [5.41, 5.74) is 7.19. The van der Waals surface area contributed by atoms with E-state index >= 15 is 0 Å². The standard InChI is InChI=1S/C14H23N5O/c1-18(2)10-11-4-7-19(8-5-11)12-3-6-16-13(9-12)14(15)17-20/h3,6,9,11,20H,4-5,7-8,10H2,1-2H3,(H2,15,17). The molecule has 1 saturated heterocycles. The van der Waals surface area contributed by atoms with Gasteiger partial charge in [-0.2, -0.15) is 0 Å². The molecule has 0 unspecified atom stereocenters. The Morgan fingerprint density at radius 3 is 2.80 bits per heavy atom. The van der Waals surface area contributed by atoms with Crippen LogP contribution in [0.3, 0.4) is 0 Å². The molecule has 20 heavy (non-hydrogen) atoms. The fourth-order valence-corrected chi connectivity index (χ4v) is 2.70. The number of pyridine rings is 1. The maximum absolute atomic E-state index is 8.71. The van der Waals surface area contributed by atoms with Crippen LogP contribution < -0.4 is 10.6 Å². The minimum absolute atomic E-state index is 0.0503. The van der Waals surface area contributed by atoms with E-state index in [1.54, 1.807) is 6.20 Å². The van der Waals surface area contributed by atoms with Gasteiger partial charge in [0.25, 0.3) is 0 Å². The summed E-state index contributed by atoms with van der Waals surface area (Å²) in [5.74, 6) is 0.820. The normalized spacial score (nSPS) is 17.8. The summed E-state index contributed by atoms with van der Waals surface area (Å²) >= 11 is 0. The molecule has 2 heterocycles. The molecule has 0 amide bonds. The molecule has 110 valence electrons. The molecule has 6 nitrogen and oxygen atoms in total. The van der Waals surface area contributed by atoms with E-state index in [1.807, 2.05) is 12.1 Å². The minimum Gasteiger partial charge on any atom is -0.409 e. The second-order valence-corrected chi connectivity index (χ2v) is 5.58. The summed E-state index contributed by atoms with van der Waals surface area (Å²) in [6.45, 7) is 3.23. The third-order valence-corrected chi connectivity index (χ3v) is 3.72. The predicted molar refractivity (Wildman–Crippen MR) is 80.2 cm³/mol. The first-order valence-electron chi connectivity index (χ1n) is 6.93. The molecule has 3 N–H and O–H groups in total. The van der Waals surface area contributed by atoms with Gasteiger partial charge in [0.1, 0.15) is 5.69 Å². The van der Waals surface area contributed by atoms with Crippen molar-refractivity contribution in [3.63, 3.8) is 0 Å². The number of amidine groups is 1. The average Bonchev–Trinajstić information content (AvgIpc) is 2.47. The Morgan fingerprint density at radius 2 is 2.20 bits per heavy atom. The van der Waals surface area contributed by atoms with Crippen LogP contribution in [-0.2, 0) is 0 Å². The zero-order valence-corrected chi connectivity index (χ0v) is 12.2. The van der Waals surface area contributed by atoms with Gasteiger partial charge in [0.05, 0.1) is 0 Å². The molecule has 1 aliphatic heterocycles. The second-order valence-electron chi connectivity index (χ2n) is 5.58. The lowest BCUT2D eigenvalue weighted by Gasteiger charge is -2.34. The number of hydrogen-bond donors (Lipinski definition) is 2. The highest BCUT2D eigenvalue weighted by atomic mass is 16.4. The molecule has 1 aromatic heterocycles. The van der Waals surface area contributed by atoms with Gasteiger partial charge in [-0.05, 0) is 45.0 Å². The zero-order chi connectivity index (χ0) is 14.5. The van der Waals surface area contributed by atoms with Crippen molar-refractivity contribution in [3.8, 4) is 0 Å². The van der Waals surface area contributed by atoms with Gasteiger partial charge in [-0.15, -0.1) is 0 Å². The first-order valence-corrected chi connectivity index (χ1v) is 6.93. The van der Waals surface area contributed by atoms with Crippen molar-refractivity contribution in [2.75, 3.05) is 38.6 Å². The quantitative estimate of drug-likeness (QED) is 0.371. The molecule has 0 aliphatic carbocycles. The van der Waals surface area contributed by atoms with Crippen LogP contribution in [0.4, 0.5) is 5.69 Å². The fourth-order valence-electron chi connectivity index (χ4n) is 2.70. The van der Waals surface area contributed by atoms with Gasteiger partial charge < -0.3 is 20.7 Å². The van der Waals surface area contributed by atoms with E-state index in [0.717, 1.165) is 31.2 Å². The Bertz CT molecular complexity index is 466. The highest BCUT2D eigenvalue weighted by Crippen LogP contribution is 2.23. The van der Waals surface area contributed by atoms with Crippen LogP contribution in [0, 0.1) is 5.92 Å². The smallest absolute Gasteiger partial charge is 0.188 e. The molecule has 0 spiro atoms. The molecule has 6 heteroatoms. The number of piperidine rings is 1. The number of anilines is 1. The predicted octanol–water partition coefficient (Wildman–Crippen LogP) is 0.954. The molecule has 2 rings (SSSR count). The van der Waals surface area contributed by atoms with E-state index in [9.17, 15) is 0 Å². The molecule has 0 bridgehead atoms. The summed E-state index contributed by atoms with van der Waals surface area (Å²) in [5, 5.41) is 11.7. The van der Waals surface area contributed by atoms with Crippen molar-refractivity contribution in [2.24, 2.45) is 16.8 Å². The van der Waals surface area contributed by atoms with Crippen molar-refractivity contribution in [1.82, 2.24) is 9.88 Å². The number of hydrogen-bond acceptors (Lipinski definition) is 5. The van der Waals surface area contributed by atoms with Gasteiger partial charge >= 0.3 is 0 Å². The molecular weight excluding hydrogens is 254 g/mol. The van der Waals surface area contributed by atoms with Crippen molar-refractivity contribution in [2.45, 2.75) is 12.8 Å². The molecule has 0 atom stereocenters. The van der Waals surface area contributed by atoms with Crippen LogP contribution in [0.1, 0.15) is 18.5 Å². The first kappa shape index (κ1) is 14.6. The van der Waals surface area contributed by atoms with Crippen LogP contribution >= 0.6 is 0 Å². The Hall–Kier alpha value is -1.82. The second kappa shape index (κ2) is 6.56. The zero-order valence-electron chi connectivity index (χ0n) is 12.2. The maximum Gasteiger partial charge on any atom is 0.188 e. The van der Waals surface area contributed by atoms with Crippen molar-refractivity contribution in [3.05, 3.63) is 24.0 Å². The van der Waals surface area contributed by atoms with E-state index < -0.39 is 0 Å². The van der Waals surface area contributed by atoms with Gasteiger partial charge in [0, 0.05) is 31.5 Å². The molecule has 0 radical (unpaired) electrons. The highest BCUT2D eigenvalue weighted by Gasteiger charge is 2.20. The van der Waals surface area contributed by atoms with E-state index in [-0.39, 0.29) is 5.84 Å². The molecule has 0 saturated carbocycles. The minimum atomic E-state index is 0.0503. The van der Waals surface area contributed by atoms with Crippen LogP contribution in [0.2, 0.25) is 0 Å². The van der Waals surface area contributed by atoms with Gasteiger partial charge in [-0.1, -0.05) is 5.16 Å². The van der Waals surface area contributed by atoms with Crippen LogP contribution in [-0.4, -0.2) is 54.7 Å². The molecular formula is C14H23N5O. The van der Waals surface area contributed by atoms with Crippen LogP contribution in [0.15, 0.2) is 23.5 Å². The number of nitrogens with two attached hydrogens (primary N) is 1. The van der Waals surface area contributed by atoms with E-state index in [4.69, 9.17) is 10.9 Å². The highest BCUT2D eigenvalue weighted by molar-refractivity contribution is 5.95. The molecule has 1 aliphatic rings. The Morgan fingerprint density at radius 1 is 1.50 bits per heavy atom. The lowest BCUT2D eigenvalue weighted by molar-refractivity contribution is 0.285. The van der Waals surface area contributed by atoms with Crippen molar-refractivity contribution >= 4 is 11.5 Å². The SMILES string of the molecule is CN(C)CC1CCN(c2ccnc(C(N)=NO)c2)CC1. The summed E-state index contributed by atoms with van der Waals surface area (Å²) < 4.78 is 0. The van der Waals surface area contributed by atoms with E-state index in [2.05, 4.69) is 34.0 Å². The van der Waals surface area contributed by atoms with Crippen molar-refractivity contribution in [1.29, 1.82) is 0 Å². The average molecular weight is 277 g/mol. The topological polar surface area (TPSA) is 78.0 Å². The van der Waals surface area contributed by atoms with Crippen LogP contribution in [0.5, 0.6) is 0 Å². The largest absolute Gasteiger partial charge is 0.409 e. The third-order valence-electron chi connectivity index (χ3n) is 3.72. The first-order chi connectivity index (χ1) is 9.60. The Kier molecular flexibility index (Phi) is 4.79. The number of oxime groups is 1. The third kappa shape index (κ3) is 3.60. The Labute approximate surface area is 119 Å². The summed E-state index contributed by atoms with van der Waals surface area (Å²) in [6, 6.07) is 3.85. The summed E-state index contributed by atoms with van der Waals surface area (Å²) in [6.07, 6.45) is 4.09. The summed E-state index contributed by atoms with van der Waals surface area (Å²) in [4.78, 5) is 8.70. The molecule has 1 fully saturated rings. The fraction of sp³-hybridized carbons (Fsp3) is 0.571. The van der Waals surface area contributed by atoms with Gasteiger partial charge in [-0.25, -0.2) is 0 Å². The van der Waals surface area contributed by atoms with Gasteiger partial charge in [0.2, 0.25) is 0 Å². The van der Waals surface area contributed by atoms with E-state index in [1.165, 1.54) is 12.8 Å². The number of rotatable bonds is 4. The molecule has 1 aromatic rings. The summed E-state index contributed by atoms with van der Waals surface area (Å²) in [7, 11) is 4.25. The lowest BCUT2D eigenvalue weighted by Crippen LogP contribution is -2.37.